The number of allylic oxidation sites excluding steroid dienone is 1. The van der Waals surface area contributed by atoms with E-state index in [9.17, 15) is 0 Å². The minimum absolute atomic E-state index is 0.594. The highest BCUT2D eigenvalue weighted by Gasteiger charge is 2.18. The van der Waals surface area contributed by atoms with Gasteiger partial charge >= 0.3 is 0 Å². The second kappa shape index (κ2) is 9.03. The molecule has 164 valence electrons. The fourth-order valence-corrected chi connectivity index (χ4v) is 4.56. The maximum absolute atomic E-state index is 5.35. The van der Waals surface area contributed by atoms with E-state index in [1.54, 1.807) is 11.8 Å². The Kier molecular flexibility index (Phi) is 5.79. The molecule has 0 spiro atoms. The maximum Gasteiger partial charge on any atom is 0.192 e. The molecule has 0 fully saturated rings. The lowest BCUT2D eigenvalue weighted by molar-refractivity contribution is 0.391. The lowest BCUT2D eigenvalue weighted by atomic mass is 10.0. The molecule has 0 unspecified atom stereocenters. The van der Waals surface area contributed by atoms with Crippen LogP contribution in [0.4, 0.5) is 0 Å². The third-order valence-corrected chi connectivity index (χ3v) is 6.34. The average Bonchev–Trinajstić information content (AvgIpc) is 3.43. The summed E-state index contributed by atoms with van der Waals surface area (Å²) in [7, 11) is 0. The van der Waals surface area contributed by atoms with Crippen LogP contribution in [0.2, 0.25) is 0 Å². The third-order valence-electron chi connectivity index (χ3n) is 5.35. The number of hydrogen-bond donors (Lipinski definition) is 0. The minimum Gasteiger partial charge on any atom is -0.360 e. The van der Waals surface area contributed by atoms with E-state index >= 15 is 0 Å². The van der Waals surface area contributed by atoms with Crippen LogP contribution < -0.4 is 0 Å². The van der Waals surface area contributed by atoms with Gasteiger partial charge in [-0.2, -0.15) is 0 Å². The number of fused-ring (bicyclic) bond motifs is 1. The molecule has 0 amide bonds. The van der Waals surface area contributed by atoms with Crippen molar-refractivity contribution in [1.82, 2.24) is 24.9 Å². The number of thioether (sulfide) groups is 1. The summed E-state index contributed by atoms with van der Waals surface area (Å²) in [6.07, 6.45) is 1.86. The molecule has 2 aromatic carbocycles. The van der Waals surface area contributed by atoms with E-state index in [-0.39, 0.29) is 0 Å². The molecule has 0 radical (unpaired) electrons. The number of para-hydroxylation sites is 1. The molecule has 5 rings (SSSR count). The summed E-state index contributed by atoms with van der Waals surface area (Å²) in [5.74, 6) is 2.23. The summed E-state index contributed by atoms with van der Waals surface area (Å²) < 4.78 is 7.44. The quantitative estimate of drug-likeness (QED) is 0.214. The Labute approximate surface area is 196 Å². The molecule has 0 aliphatic heterocycles. The van der Waals surface area contributed by atoms with Crippen LogP contribution in [-0.4, -0.2) is 24.9 Å². The largest absolute Gasteiger partial charge is 0.360 e. The molecule has 0 aliphatic rings. The summed E-state index contributed by atoms with van der Waals surface area (Å²) in [6, 6.07) is 20.6. The summed E-state index contributed by atoms with van der Waals surface area (Å²) in [5.41, 5.74) is 5.97. The first kappa shape index (κ1) is 21.2. The molecule has 3 aromatic heterocycles. The standard InChI is InChI=1S/C26H23N5OS/c1-4-13-31-25(28-29-26(31)33-16-20-14-18(3)30-32-20)22-15-24(19-11-9-17(2)10-12-19)27-23-8-6-5-7-21(22)23/h4-12,14-15H,1,13,16H2,2-3H3. The first-order valence-corrected chi connectivity index (χ1v) is 11.7. The third kappa shape index (κ3) is 4.32. The maximum atomic E-state index is 5.35. The molecule has 0 saturated carbocycles. The molecule has 3 heterocycles. The van der Waals surface area contributed by atoms with Gasteiger partial charge in [0.05, 0.1) is 22.7 Å². The summed E-state index contributed by atoms with van der Waals surface area (Å²) in [6.45, 7) is 8.53. The molecule has 0 atom stereocenters. The average molecular weight is 454 g/mol. The highest BCUT2D eigenvalue weighted by Crippen LogP contribution is 2.33. The van der Waals surface area contributed by atoms with Crippen molar-refractivity contribution >= 4 is 22.7 Å². The SMILES string of the molecule is C=CCn1c(SCc2cc(C)no2)nnc1-c1cc(-c2ccc(C)cc2)nc2ccccc12. The van der Waals surface area contributed by atoms with Crippen LogP contribution in [-0.2, 0) is 12.3 Å². The van der Waals surface area contributed by atoms with Gasteiger partial charge in [0, 0.05) is 29.1 Å². The van der Waals surface area contributed by atoms with E-state index in [2.05, 4.69) is 69.8 Å². The molecule has 0 aliphatic carbocycles. The van der Waals surface area contributed by atoms with Crippen molar-refractivity contribution in [3.05, 3.63) is 90.3 Å². The second-order valence-electron chi connectivity index (χ2n) is 7.87. The molecule has 5 aromatic rings. The summed E-state index contributed by atoms with van der Waals surface area (Å²) in [5, 5.41) is 14.9. The van der Waals surface area contributed by atoms with Gasteiger partial charge < -0.3 is 4.52 Å². The van der Waals surface area contributed by atoms with Gasteiger partial charge in [-0.25, -0.2) is 4.98 Å². The highest BCUT2D eigenvalue weighted by molar-refractivity contribution is 7.98. The van der Waals surface area contributed by atoms with Gasteiger partial charge in [-0.3, -0.25) is 4.57 Å². The van der Waals surface area contributed by atoms with Crippen molar-refractivity contribution < 1.29 is 4.52 Å². The van der Waals surface area contributed by atoms with Crippen molar-refractivity contribution in [3.63, 3.8) is 0 Å². The second-order valence-corrected chi connectivity index (χ2v) is 8.81. The number of hydrogen-bond acceptors (Lipinski definition) is 6. The van der Waals surface area contributed by atoms with E-state index in [1.165, 1.54) is 5.56 Å². The van der Waals surface area contributed by atoms with Crippen LogP contribution in [0.5, 0.6) is 0 Å². The number of pyridine rings is 1. The van der Waals surface area contributed by atoms with Gasteiger partial charge in [0.1, 0.15) is 5.76 Å². The van der Waals surface area contributed by atoms with Crippen molar-refractivity contribution in [1.29, 1.82) is 0 Å². The van der Waals surface area contributed by atoms with Gasteiger partial charge in [0.2, 0.25) is 0 Å². The number of aryl methyl sites for hydroxylation is 2. The molecule has 0 saturated heterocycles. The monoisotopic (exact) mass is 453 g/mol. The van der Waals surface area contributed by atoms with Crippen LogP contribution in [0.15, 0.2) is 83.0 Å². The Morgan fingerprint density at radius 2 is 1.85 bits per heavy atom. The predicted octanol–water partition coefficient (Wildman–Crippen LogP) is 6.24. The van der Waals surface area contributed by atoms with Crippen LogP contribution in [0.25, 0.3) is 33.5 Å². The van der Waals surface area contributed by atoms with E-state index < -0.39 is 0 Å². The van der Waals surface area contributed by atoms with Crippen molar-refractivity contribution in [2.75, 3.05) is 0 Å². The summed E-state index contributed by atoms with van der Waals surface area (Å²) >= 11 is 1.57. The Morgan fingerprint density at radius 1 is 1.03 bits per heavy atom. The Balaban J connectivity index is 1.61. The molecular weight excluding hydrogens is 430 g/mol. The van der Waals surface area contributed by atoms with E-state index in [0.29, 0.717) is 12.3 Å². The van der Waals surface area contributed by atoms with Gasteiger partial charge in [-0.1, -0.05) is 71.0 Å². The van der Waals surface area contributed by atoms with Gasteiger partial charge in [-0.05, 0) is 26.0 Å². The zero-order valence-corrected chi connectivity index (χ0v) is 19.3. The minimum atomic E-state index is 0.594. The van der Waals surface area contributed by atoms with Crippen molar-refractivity contribution in [2.24, 2.45) is 0 Å². The lowest BCUT2D eigenvalue weighted by Crippen LogP contribution is -2.02. The number of nitrogens with zero attached hydrogens (tertiary/aromatic N) is 5. The van der Waals surface area contributed by atoms with Crippen molar-refractivity contribution in [3.8, 4) is 22.6 Å². The van der Waals surface area contributed by atoms with E-state index in [0.717, 1.165) is 50.2 Å². The molecule has 0 N–H and O–H groups in total. The van der Waals surface area contributed by atoms with Crippen LogP contribution in [0, 0.1) is 13.8 Å². The first-order valence-electron chi connectivity index (χ1n) is 10.7. The molecular formula is C26H23N5OS. The number of aromatic nitrogens is 5. The predicted molar refractivity (Wildman–Crippen MR) is 132 cm³/mol. The van der Waals surface area contributed by atoms with Gasteiger partial charge in [-0.15, -0.1) is 16.8 Å². The van der Waals surface area contributed by atoms with Crippen LogP contribution in [0.3, 0.4) is 0 Å². The smallest absolute Gasteiger partial charge is 0.192 e. The first-order chi connectivity index (χ1) is 16.1. The summed E-state index contributed by atoms with van der Waals surface area (Å²) in [4.78, 5) is 4.92. The Bertz CT molecular complexity index is 1440. The van der Waals surface area contributed by atoms with Crippen molar-refractivity contribution in [2.45, 2.75) is 31.3 Å². The number of rotatable bonds is 7. The topological polar surface area (TPSA) is 69.6 Å². The van der Waals surface area contributed by atoms with Crippen LogP contribution in [0.1, 0.15) is 17.0 Å². The van der Waals surface area contributed by atoms with Gasteiger partial charge in [0.25, 0.3) is 0 Å². The fourth-order valence-electron chi connectivity index (χ4n) is 3.74. The Morgan fingerprint density at radius 3 is 2.61 bits per heavy atom. The van der Waals surface area contributed by atoms with E-state index in [1.807, 2.05) is 37.3 Å². The molecule has 7 heteroatoms. The van der Waals surface area contributed by atoms with Crippen LogP contribution >= 0.6 is 11.8 Å². The molecule has 0 bridgehead atoms. The normalized spacial score (nSPS) is 11.2. The van der Waals surface area contributed by atoms with E-state index in [4.69, 9.17) is 9.51 Å². The fraction of sp³-hybridized carbons (Fsp3) is 0.154. The molecule has 6 nitrogen and oxygen atoms in total. The Hall–Kier alpha value is -3.71. The van der Waals surface area contributed by atoms with Gasteiger partial charge in [0.15, 0.2) is 11.0 Å². The zero-order valence-electron chi connectivity index (χ0n) is 18.5. The highest BCUT2D eigenvalue weighted by atomic mass is 32.2. The number of benzene rings is 2. The lowest BCUT2D eigenvalue weighted by Gasteiger charge is -2.12. The molecule has 33 heavy (non-hydrogen) atoms. The zero-order chi connectivity index (χ0) is 22.8.